The maximum atomic E-state index is 13.1. The second-order valence-electron chi connectivity index (χ2n) is 5.44. The van der Waals surface area contributed by atoms with Crippen LogP contribution >= 0.6 is 11.8 Å². The van der Waals surface area contributed by atoms with Crippen LogP contribution in [0.5, 0.6) is 5.75 Å². The molecule has 0 saturated carbocycles. The lowest BCUT2D eigenvalue weighted by Crippen LogP contribution is -2.14. The third-order valence-electron chi connectivity index (χ3n) is 3.62. The average Bonchev–Trinajstić information content (AvgIpc) is 3.01. The van der Waals surface area contributed by atoms with Crippen molar-refractivity contribution in [2.45, 2.75) is 5.16 Å². The van der Waals surface area contributed by atoms with Crippen LogP contribution in [0.1, 0.15) is 0 Å². The summed E-state index contributed by atoms with van der Waals surface area (Å²) in [6.45, 7) is 0. The summed E-state index contributed by atoms with van der Waals surface area (Å²) in [4.78, 5) is 12.0. The average molecular weight is 372 g/mol. The Kier molecular flexibility index (Phi) is 5.52. The molecule has 0 aliphatic rings. The first-order chi connectivity index (χ1) is 12.6. The number of carbonyl (C=O) groups excluding carboxylic acids is 1. The van der Waals surface area contributed by atoms with E-state index in [1.165, 1.54) is 23.9 Å². The highest BCUT2D eigenvalue weighted by atomic mass is 32.2. The zero-order valence-corrected chi connectivity index (χ0v) is 15.1. The molecule has 1 amide bonds. The highest BCUT2D eigenvalue weighted by molar-refractivity contribution is 7.99. The van der Waals surface area contributed by atoms with Crippen LogP contribution in [-0.4, -0.2) is 33.5 Å². The first-order valence-electron chi connectivity index (χ1n) is 7.79. The van der Waals surface area contributed by atoms with Crippen LogP contribution in [0.3, 0.4) is 0 Å². The van der Waals surface area contributed by atoms with E-state index in [9.17, 15) is 9.18 Å². The van der Waals surface area contributed by atoms with Crippen LogP contribution in [0.4, 0.5) is 10.1 Å². The molecule has 0 bridgehead atoms. The predicted octanol–water partition coefficient (Wildman–Crippen LogP) is 3.36. The van der Waals surface area contributed by atoms with E-state index in [4.69, 9.17) is 4.74 Å². The topological polar surface area (TPSA) is 69.0 Å². The number of rotatable bonds is 6. The molecule has 0 saturated heterocycles. The maximum absolute atomic E-state index is 13.1. The van der Waals surface area contributed by atoms with Crippen LogP contribution in [0, 0.1) is 5.82 Å². The van der Waals surface area contributed by atoms with Crippen molar-refractivity contribution >= 4 is 23.4 Å². The number of anilines is 1. The summed E-state index contributed by atoms with van der Waals surface area (Å²) in [7, 11) is 3.45. The van der Waals surface area contributed by atoms with E-state index < -0.39 is 5.82 Å². The Morgan fingerprint density at radius 3 is 2.69 bits per heavy atom. The number of aromatic nitrogens is 3. The zero-order chi connectivity index (χ0) is 18.5. The van der Waals surface area contributed by atoms with Gasteiger partial charge in [-0.2, -0.15) is 0 Å². The molecule has 6 nitrogen and oxygen atoms in total. The molecular formula is C18H17FN4O2S. The van der Waals surface area contributed by atoms with Gasteiger partial charge in [0.2, 0.25) is 5.91 Å². The van der Waals surface area contributed by atoms with Gasteiger partial charge in [-0.1, -0.05) is 17.8 Å². The van der Waals surface area contributed by atoms with Crippen molar-refractivity contribution in [2.24, 2.45) is 7.05 Å². The lowest BCUT2D eigenvalue weighted by atomic mass is 10.2. The van der Waals surface area contributed by atoms with Gasteiger partial charge >= 0.3 is 0 Å². The molecule has 0 fully saturated rings. The van der Waals surface area contributed by atoms with Crippen LogP contribution in [-0.2, 0) is 11.8 Å². The molecule has 0 atom stereocenters. The van der Waals surface area contributed by atoms with Crippen molar-refractivity contribution in [3.63, 3.8) is 0 Å². The summed E-state index contributed by atoms with van der Waals surface area (Å²) < 4.78 is 20.1. The summed E-state index contributed by atoms with van der Waals surface area (Å²) in [5, 5.41) is 11.6. The number of nitrogens with zero attached hydrogens (tertiary/aromatic N) is 3. The van der Waals surface area contributed by atoms with Crippen molar-refractivity contribution < 1.29 is 13.9 Å². The molecule has 1 aromatic heterocycles. The molecule has 3 rings (SSSR count). The second-order valence-corrected chi connectivity index (χ2v) is 6.38. The largest absolute Gasteiger partial charge is 0.497 e. The van der Waals surface area contributed by atoms with Gasteiger partial charge in [0.25, 0.3) is 0 Å². The zero-order valence-electron chi connectivity index (χ0n) is 14.3. The van der Waals surface area contributed by atoms with Crippen molar-refractivity contribution in [3.8, 4) is 17.1 Å². The van der Waals surface area contributed by atoms with Crippen LogP contribution in [0.15, 0.2) is 53.7 Å². The summed E-state index contributed by atoms with van der Waals surface area (Å²) in [5.74, 6) is 0.966. The molecule has 0 radical (unpaired) electrons. The Hall–Kier alpha value is -2.87. The van der Waals surface area contributed by atoms with Gasteiger partial charge in [-0.15, -0.1) is 10.2 Å². The van der Waals surface area contributed by atoms with Crippen LogP contribution in [0.2, 0.25) is 0 Å². The molecule has 0 aliphatic carbocycles. The molecule has 26 heavy (non-hydrogen) atoms. The summed E-state index contributed by atoms with van der Waals surface area (Å²) in [6.07, 6.45) is 0. The lowest BCUT2D eigenvalue weighted by molar-refractivity contribution is -0.113. The number of methoxy groups -OCH3 is 1. The number of carbonyl (C=O) groups is 1. The predicted molar refractivity (Wildman–Crippen MR) is 98.7 cm³/mol. The Labute approximate surface area is 154 Å². The smallest absolute Gasteiger partial charge is 0.234 e. The molecule has 3 aromatic rings. The van der Waals surface area contributed by atoms with Crippen LogP contribution in [0.25, 0.3) is 11.4 Å². The molecule has 0 spiro atoms. The van der Waals surface area contributed by atoms with Crippen LogP contribution < -0.4 is 10.1 Å². The first-order valence-corrected chi connectivity index (χ1v) is 8.77. The first kappa shape index (κ1) is 17.9. The van der Waals surface area contributed by atoms with E-state index >= 15 is 0 Å². The molecule has 1 heterocycles. The SMILES string of the molecule is COc1ccc(-c2nnc(SCC(=O)Nc3cccc(F)c3)n2C)cc1. The van der Waals surface area contributed by atoms with E-state index in [1.54, 1.807) is 19.2 Å². The van der Waals surface area contributed by atoms with Crippen molar-refractivity contribution in [2.75, 3.05) is 18.2 Å². The lowest BCUT2D eigenvalue weighted by Gasteiger charge is -2.06. The summed E-state index contributed by atoms with van der Waals surface area (Å²) in [6, 6.07) is 13.3. The molecule has 0 aliphatic heterocycles. The molecule has 134 valence electrons. The molecule has 2 aromatic carbocycles. The Bertz CT molecular complexity index is 912. The van der Waals surface area contributed by atoms with E-state index in [-0.39, 0.29) is 11.7 Å². The van der Waals surface area contributed by atoms with Crippen molar-refractivity contribution in [1.29, 1.82) is 0 Å². The minimum absolute atomic E-state index is 0.144. The van der Waals surface area contributed by atoms with Gasteiger partial charge < -0.3 is 14.6 Å². The number of hydrogen-bond acceptors (Lipinski definition) is 5. The number of hydrogen-bond donors (Lipinski definition) is 1. The molecule has 1 N–H and O–H groups in total. The molecular weight excluding hydrogens is 355 g/mol. The number of amides is 1. The van der Waals surface area contributed by atoms with Crippen molar-refractivity contribution in [3.05, 3.63) is 54.3 Å². The highest BCUT2D eigenvalue weighted by Gasteiger charge is 2.13. The second kappa shape index (κ2) is 8.01. The molecule has 0 unspecified atom stereocenters. The Balaban J connectivity index is 1.63. The number of halogens is 1. The Morgan fingerprint density at radius 2 is 2.00 bits per heavy atom. The van der Waals surface area contributed by atoms with E-state index in [2.05, 4.69) is 15.5 Å². The number of thioether (sulfide) groups is 1. The van der Waals surface area contributed by atoms with Gasteiger partial charge in [0.05, 0.1) is 12.9 Å². The van der Waals surface area contributed by atoms with Gasteiger partial charge in [-0.25, -0.2) is 4.39 Å². The van der Waals surface area contributed by atoms with Gasteiger partial charge in [0, 0.05) is 18.3 Å². The quantitative estimate of drug-likeness (QED) is 0.672. The van der Waals surface area contributed by atoms with E-state index in [0.29, 0.717) is 16.7 Å². The standard InChI is InChI=1S/C18H17FN4O2S/c1-23-17(12-6-8-15(25-2)9-7-12)21-22-18(23)26-11-16(24)20-14-5-3-4-13(19)10-14/h3-10H,11H2,1-2H3,(H,20,24). The third kappa shape index (κ3) is 4.20. The highest BCUT2D eigenvalue weighted by Crippen LogP contribution is 2.24. The fraction of sp³-hybridized carbons (Fsp3) is 0.167. The normalized spacial score (nSPS) is 10.6. The Morgan fingerprint density at radius 1 is 1.23 bits per heavy atom. The number of nitrogens with one attached hydrogen (secondary N) is 1. The van der Waals surface area contributed by atoms with Gasteiger partial charge in [0.15, 0.2) is 11.0 Å². The number of benzene rings is 2. The fourth-order valence-corrected chi connectivity index (χ4v) is 3.04. The minimum atomic E-state index is -0.395. The van der Waals surface area contributed by atoms with Gasteiger partial charge in [-0.05, 0) is 42.5 Å². The maximum Gasteiger partial charge on any atom is 0.234 e. The fourth-order valence-electron chi connectivity index (χ4n) is 2.33. The monoisotopic (exact) mass is 372 g/mol. The summed E-state index contributed by atoms with van der Waals surface area (Å²) in [5.41, 5.74) is 1.32. The number of ether oxygens (including phenoxy) is 1. The van der Waals surface area contributed by atoms with Gasteiger partial charge in [0.1, 0.15) is 11.6 Å². The minimum Gasteiger partial charge on any atom is -0.497 e. The summed E-state index contributed by atoms with van der Waals surface area (Å²) >= 11 is 1.26. The third-order valence-corrected chi connectivity index (χ3v) is 4.64. The van der Waals surface area contributed by atoms with Gasteiger partial charge in [-0.3, -0.25) is 4.79 Å². The van der Waals surface area contributed by atoms with Crippen molar-refractivity contribution in [1.82, 2.24) is 14.8 Å². The van der Waals surface area contributed by atoms with E-state index in [1.807, 2.05) is 35.9 Å². The van der Waals surface area contributed by atoms with E-state index in [0.717, 1.165) is 11.3 Å². The molecule has 8 heteroatoms.